The molecule has 0 aliphatic rings. The Hall–Kier alpha value is -1.40. The summed E-state index contributed by atoms with van der Waals surface area (Å²) in [6.45, 7) is 5.14. The number of aromatic amines is 1. The van der Waals surface area contributed by atoms with Crippen molar-refractivity contribution in [2.45, 2.75) is 32.5 Å². The molecule has 0 saturated carbocycles. The highest BCUT2D eigenvalue weighted by Crippen LogP contribution is 2.27. The van der Waals surface area contributed by atoms with Crippen LogP contribution >= 0.6 is 0 Å². The number of hydrogen-bond donors (Lipinski definition) is 3. The molecule has 0 bridgehead atoms. The topological polar surface area (TPSA) is 95.4 Å². The minimum atomic E-state index is -1.60. The van der Waals surface area contributed by atoms with Gasteiger partial charge in [0.2, 0.25) is 0 Å². The minimum Gasteiger partial charge on any atom is -0.462 e. The molecule has 1 aromatic rings. The molecule has 0 atom stereocenters. The van der Waals surface area contributed by atoms with Gasteiger partial charge >= 0.3 is 5.97 Å². The molecule has 6 nitrogen and oxygen atoms in total. The lowest BCUT2D eigenvalue weighted by Gasteiger charge is -2.25. The maximum absolute atomic E-state index is 11.6. The summed E-state index contributed by atoms with van der Waals surface area (Å²) in [6, 6.07) is 0. The number of aromatic nitrogens is 2. The Kier molecular flexibility index (Phi) is 3.66. The van der Waals surface area contributed by atoms with Crippen molar-refractivity contribution in [3.63, 3.8) is 0 Å². The summed E-state index contributed by atoms with van der Waals surface area (Å²) in [6.07, 6.45) is -0.279. The SMILES string of the molecule is CCOC(=O)c1cn[nH]c1C(C)(C)C(O)O. The summed E-state index contributed by atoms with van der Waals surface area (Å²) in [5.41, 5.74) is -0.445. The zero-order chi connectivity index (χ0) is 12.3. The summed E-state index contributed by atoms with van der Waals surface area (Å²) >= 11 is 0. The van der Waals surface area contributed by atoms with Crippen LogP contribution in [0.25, 0.3) is 0 Å². The lowest BCUT2D eigenvalue weighted by molar-refractivity contribution is -0.0904. The molecule has 1 aromatic heterocycles. The first kappa shape index (κ1) is 12.7. The summed E-state index contributed by atoms with van der Waals surface area (Å²) in [5, 5.41) is 24.8. The van der Waals surface area contributed by atoms with Gasteiger partial charge in [0.1, 0.15) is 5.56 Å². The van der Waals surface area contributed by atoms with E-state index in [1.807, 2.05) is 0 Å². The molecule has 1 rings (SSSR count). The van der Waals surface area contributed by atoms with Crippen molar-refractivity contribution in [3.05, 3.63) is 17.5 Å². The molecular formula is C10H16N2O4. The Bertz CT molecular complexity index is 371. The van der Waals surface area contributed by atoms with Crippen molar-refractivity contribution in [2.24, 2.45) is 0 Å². The van der Waals surface area contributed by atoms with Crippen molar-refractivity contribution in [2.75, 3.05) is 6.61 Å². The van der Waals surface area contributed by atoms with E-state index in [2.05, 4.69) is 10.2 Å². The molecule has 0 saturated heterocycles. The van der Waals surface area contributed by atoms with E-state index in [9.17, 15) is 15.0 Å². The molecule has 0 aromatic carbocycles. The number of esters is 1. The Labute approximate surface area is 93.2 Å². The van der Waals surface area contributed by atoms with Crippen molar-refractivity contribution >= 4 is 5.97 Å². The largest absolute Gasteiger partial charge is 0.462 e. The predicted octanol–water partition coefficient (Wildman–Crippen LogP) is 0.175. The summed E-state index contributed by atoms with van der Waals surface area (Å²) in [5.74, 6) is -0.528. The highest BCUT2D eigenvalue weighted by Gasteiger charge is 2.34. The number of H-pyrrole nitrogens is 1. The van der Waals surface area contributed by atoms with Crippen molar-refractivity contribution in [1.29, 1.82) is 0 Å². The van der Waals surface area contributed by atoms with E-state index in [0.29, 0.717) is 5.69 Å². The van der Waals surface area contributed by atoms with Gasteiger partial charge in [0, 0.05) is 0 Å². The molecule has 90 valence electrons. The molecular weight excluding hydrogens is 212 g/mol. The molecule has 0 fully saturated rings. The van der Waals surface area contributed by atoms with Crippen LogP contribution in [0.3, 0.4) is 0 Å². The maximum atomic E-state index is 11.6. The fourth-order valence-corrected chi connectivity index (χ4v) is 1.27. The van der Waals surface area contributed by atoms with E-state index >= 15 is 0 Å². The van der Waals surface area contributed by atoms with Gasteiger partial charge in [-0.2, -0.15) is 5.10 Å². The minimum absolute atomic E-state index is 0.222. The second-order valence-electron chi connectivity index (χ2n) is 3.97. The van der Waals surface area contributed by atoms with Crippen LogP contribution in [0.15, 0.2) is 6.20 Å². The number of nitrogens with zero attached hydrogens (tertiary/aromatic N) is 1. The average Bonchev–Trinajstić information content (AvgIpc) is 2.66. The number of hydrogen-bond acceptors (Lipinski definition) is 5. The van der Waals surface area contributed by atoms with E-state index < -0.39 is 17.7 Å². The summed E-state index contributed by atoms with van der Waals surface area (Å²) in [7, 11) is 0. The Morgan fingerprint density at radius 2 is 2.25 bits per heavy atom. The van der Waals surface area contributed by atoms with Gasteiger partial charge in [-0.15, -0.1) is 0 Å². The van der Waals surface area contributed by atoms with Crippen LogP contribution in [0, 0.1) is 0 Å². The van der Waals surface area contributed by atoms with E-state index in [0.717, 1.165) is 0 Å². The zero-order valence-electron chi connectivity index (χ0n) is 9.52. The van der Waals surface area contributed by atoms with Gasteiger partial charge in [0.25, 0.3) is 0 Å². The summed E-state index contributed by atoms with van der Waals surface area (Å²) in [4.78, 5) is 11.6. The molecule has 16 heavy (non-hydrogen) atoms. The Morgan fingerprint density at radius 1 is 1.62 bits per heavy atom. The molecule has 1 heterocycles. The van der Waals surface area contributed by atoms with Gasteiger partial charge in [-0.05, 0) is 20.8 Å². The monoisotopic (exact) mass is 228 g/mol. The first-order valence-corrected chi connectivity index (χ1v) is 4.98. The van der Waals surface area contributed by atoms with E-state index in [1.165, 1.54) is 6.20 Å². The Morgan fingerprint density at radius 3 is 2.75 bits per heavy atom. The quantitative estimate of drug-likeness (QED) is 0.504. The van der Waals surface area contributed by atoms with Crippen LogP contribution in [0.2, 0.25) is 0 Å². The van der Waals surface area contributed by atoms with E-state index in [4.69, 9.17) is 4.74 Å². The van der Waals surface area contributed by atoms with Crippen LogP contribution in [0.1, 0.15) is 36.8 Å². The standard InChI is InChI=1S/C10H16N2O4/c1-4-16-8(13)6-5-11-12-7(6)10(2,3)9(14)15/h5,9,14-15H,4H2,1-3H3,(H,11,12). The highest BCUT2D eigenvalue weighted by molar-refractivity contribution is 5.90. The lowest BCUT2D eigenvalue weighted by Crippen LogP contribution is -2.35. The number of aliphatic hydroxyl groups excluding tert-OH is 1. The fraction of sp³-hybridized carbons (Fsp3) is 0.600. The third-order valence-electron chi connectivity index (χ3n) is 2.42. The van der Waals surface area contributed by atoms with E-state index in [1.54, 1.807) is 20.8 Å². The van der Waals surface area contributed by atoms with Crippen molar-refractivity contribution in [3.8, 4) is 0 Å². The molecule has 0 aliphatic carbocycles. The van der Waals surface area contributed by atoms with Gasteiger partial charge in [-0.1, -0.05) is 0 Å². The number of nitrogens with one attached hydrogen (secondary N) is 1. The first-order valence-electron chi connectivity index (χ1n) is 4.98. The van der Waals surface area contributed by atoms with Crippen LogP contribution < -0.4 is 0 Å². The van der Waals surface area contributed by atoms with Crippen LogP contribution in [0.4, 0.5) is 0 Å². The van der Waals surface area contributed by atoms with E-state index in [-0.39, 0.29) is 12.2 Å². The molecule has 0 spiro atoms. The maximum Gasteiger partial charge on any atom is 0.341 e. The van der Waals surface area contributed by atoms with Gasteiger partial charge < -0.3 is 14.9 Å². The van der Waals surface area contributed by atoms with Crippen LogP contribution in [-0.4, -0.2) is 39.3 Å². The highest BCUT2D eigenvalue weighted by atomic mass is 16.5. The molecule has 3 N–H and O–H groups in total. The normalized spacial score (nSPS) is 11.9. The number of carbonyl (C=O) groups excluding carboxylic acids is 1. The van der Waals surface area contributed by atoms with Gasteiger partial charge in [-0.25, -0.2) is 4.79 Å². The zero-order valence-corrected chi connectivity index (χ0v) is 9.52. The molecule has 0 radical (unpaired) electrons. The van der Waals surface area contributed by atoms with Crippen LogP contribution in [-0.2, 0) is 10.2 Å². The molecule has 0 aliphatic heterocycles. The second-order valence-corrected chi connectivity index (χ2v) is 3.97. The third-order valence-corrected chi connectivity index (χ3v) is 2.42. The molecule has 6 heteroatoms. The number of ether oxygens (including phenoxy) is 1. The van der Waals surface area contributed by atoms with Crippen LogP contribution in [0.5, 0.6) is 0 Å². The third kappa shape index (κ3) is 2.23. The molecule has 0 unspecified atom stereocenters. The number of aliphatic hydroxyl groups is 2. The average molecular weight is 228 g/mol. The van der Waals surface area contributed by atoms with Gasteiger partial charge in [-0.3, -0.25) is 5.10 Å². The molecule has 0 amide bonds. The smallest absolute Gasteiger partial charge is 0.341 e. The first-order chi connectivity index (χ1) is 7.41. The Balaban J connectivity index is 3.07. The second kappa shape index (κ2) is 4.63. The van der Waals surface area contributed by atoms with Crippen molar-refractivity contribution in [1.82, 2.24) is 10.2 Å². The fourth-order valence-electron chi connectivity index (χ4n) is 1.27. The van der Waals surface area contributed by atoms with Crippen molar-refractivity contribution < 1.29 is 19.7 Å². The lowest BCUT2D eigenvalue weighted by atomic mass is 9.86. The van der Waals surface area contributed by atoms with Gasteiger partial charge in [0.05, 0.1) is 23.9 Å². The number of carbonyl (C=O) groups is 1. The van der Waals surface area contributed by atoms with Gasteiger partial charge in [0.15, 0.2) is 6.29 Å². The predicted molar refractivity (Wildman–Crippen MR) is 55.8 cm³/mol. The summed E-state index contributed by atoms with van der Waals surface area (Å²) < 4.78 is 4.84. The number of rotatable bonds is 4.